The standard InChI is InChI=1S/C24H24N8O7/c1-28-9-13(5-18(28)22(34)27-15-7-20(24(36)37)30(3)11-15)25-21(33)17-6-14(10-29(17)2)26-23(35)19-8-16(32(38)39)12-31(19)4/h5-12H,1-4H3,(H,25,33)(H,26,35)(H,27,34)(H,36,37). The zero-order valence-corrected chi connectivity index (χ0v) is 21.3. The number of hydrogen-bond acceptors (Lipinski definition) is 6. The van der Waals surface area contributed by atoms with E-state index in [0.29, 0.717) is 17.1 Å². The van der Waals surface area contributed by atoms with Gasteiger partial charge < -0.3 is 39.3 Å². The molecule has 0 aromatic carbocycles. The summed E-state index contributed by atoms with van der Waals surface area (Å²) in [5, 5.41) is 28.1. The Morgan fingerprint density at radius 1 is 0.641 bits per heavy atom. The quantitative estimate of drug-likeness (QED) is 0.196. The van der Waals surface area contributed by atoms with E-state index in [4.69, 9.17) is 0 Å². The molecule has 0 aliphatic heterocycles. The molecule has 0 saturated heterocycles. The van der Waals surface area contributed by atoms with Gasteiger partial charge in [-0.1, -0.05) is 0 Å². The molecule has 0 atom stereocenters. The fourth-order valence-electron chi connectivity index (χ4n) is 4.02. The van der Waals surface area contributed by atoms with E-state index in [1.165, 1.54) is 68.3 Å². The number of aryl methyl sites for hydroxylation is 4. The second kappa shape index (κ2) is 10.0. The number of amides is 3. The Bertz CT molecular complexity index is 1650. The molecule has 4 aromatic rings. The van der Waals surface area contributed by atoms with Gasteiger partial charge in [0.1, 0.15) is 22.8 Å². The Kier molecular flexibility index (Phi) is 6.81. The number of nitro groups is 1. The third kappa shape index (κ3) is 5.41. The predicted molar refractivity (Wildman–Crippen MR) is 139 cm³/mol. The zero-order chi connectivity index (χ0) is 28.6. The summed E-state index contributed by atoms with van der Waals surface area (Å²) < 4.78 is 5.69. The summed E-state index contributed by atoms with van der Waals surface area (Å²) in [4.78, 5) is 59.9. The Morgan fingerprint density at radius 3 is 1.31 bits per heavy atom. The van der Waals surface area contributed by atoms with Gasteiger partial charge in [-0.15, -0.1) is 0 Å². The van der Waals surface area contributed by atoms with Crippen molar-refractivity contribution in [2.45, 2.75) is 0 Å². The molecule has 0 bridgehead atoms. The fourth-order valence-corrected chi connectivity index (χ4v) is 4.02. The molecular weight excluding hydrogens is 512 g/mol. The van der Waals surface area contributed by atoms with Crippen molar-refractivity contribution in [3.05, 3.63) is 81.9 Å². The number of nitrogens with one attached hydrogen (secondary N) is 3. The van der Waals surface area contributed by atoms with Gasteiger partial charge in [0, 0.05) is 52.8 Å². The predicted octanol–water partition coefficient (Wildman–Crippen LogP) is 2.40. The van der Waals surface area contributed by atoms with Crippen LogP contribution in [0, 0.1) is 10.1 Å². The highest BCUT2D eigenvalue weighted by Crippen LogP contribution is 2.21. The lowest BCUT2D eigenvalue weighted by molar-refractivity contribution is -0.384. The average Bonchev–Trinajstić information content (AvgIpc) is 3.59. The van der Waals surface area contributed by atoms with Crippen molar-refractivity contribution in [2.24, 2.45) is 28.2 Å². The van der Waals surface area contributed by atoms with E-state index in [2.05, 4.69) is 16.0 Å². The minimum Gasteiger partial charge on any atom is -0.477 e. The molecule has 202 valence electrons. The van der Waals surface area contributed by atoms with Crippen molar-refractivity contribution in [2.75, 3.05) is 16.0 Å². The van der Waals surface area contributed by atoms with Crippen molar-refractivity contribution in [1.29, 1.82) is 0 Å². The monoisotopic (exact) mass is 536 g/mol. The summed E-state index contributed by atoms with van der Waals surface area (Å²) >= 11 is 0. The molecule has 0 unspecified atom stereocenters. The van der Waals surface area contributed by atoms with Gasteiger partial charge in [-0.05, 0) is 18.2 Å². The first-order chi connectivity index (χ1) is 18.3. The molecule has 4 rings (SSSR count). The third-order valence-electron chi connectivity index (χ3n) is 5.91. The highest BCUT2D eigenvalue weighted by atomic mass is 16.6. The third-order valence-corrected chi connectivity index (χ3v) is 5.91. The van der Waals surface area contributed by atoms with Crippen LogP contribution in [0.3, 0.4) is 0 Å². The molecule has 0 saturated carbocycles. The average molecular weight is 537 g/mol. The SMILES string of the molecule is Cn1cc(NC(=O)c2cc(NC(=O)c3cc(NC(=O)c4cc([N+](=O)[O-])cn4C)cn3C)cn2C)cc1C(=O)O. The fraction of sp³-hybridized carbons (Fsp3) is 0.167. The van der Waals surface area contributed by atoms with Crippen molar-refractivity contribution in [3.63, 3.8) is 0 Å². The van der Waals surface area contributed by atoms with Crippen LogP contribution < -0.4 is 16.0 Å². The van der Waals surface area contributed by atoms with E-state index in [-0.39, 0.29) is 28.5 Å². The van der Waals surface area contributed by atoms with Gasteiger partial charge in [-0.25, -0.2) is 4.79 Å². The van der Waals surface area contributed by atoms with Crippen LogP contribution in [0.5, 0.6) is 0 Å². The Hall–Kier alpha value is -5.60. The molecular formula is C24H24N8O7. The minimum atomic E-state index is -1.13. The van der Waals surface area contributed by atoms with Crippen molar-refractivity contribution < 1.29 is 29.2 Å². The first kappa shape index (κ1) is 26.5. The first-order valence-corrected chi connectivity index (χ1v) is 11.3. The van der Waals surface area contributed by atoms with Crippen LogP contribution >= 0.6 is 0 Å². The maximum atomic E-state index is 12.9. The first-order valence-electron chi connectivity index (χ1n) is 11.3. The molecule has 3 amide bonds. The van der Waals surface area contributed by atoms with E-state index in [0.717, 1.165) is 6.07 Å². The van der Waals surface area contributed by atoms with Crippen molar-refractivity contribution in [3.8, 4) is 0 Å². The summed E-state index contributed by atoms with van der Waals surface area (Å²) in [7, 11) is 6.27. The van der Waals surface area contributed by atoms with Crippen LogP contribution in [0.4, 0.5) is 22.7 Å². The van der Waals surface area contributed by atoms with Gasteiger partial charge in [-0.3, -0.25) is 24.5 Å². The molecule has 39 heavy (non-hydrogen) atoms. The normalized spacial score (nSPS) is 10.8. The van der Waals surface area contributed by atoms with Crippen LogP contribution in [-0.2, 0) is 28.2 Å². The van der Waals surface area contributed by atoms with Crippen LogP contribution in [-0.4, -0.2) is 52.0 Å². The van der Waals surface area contributed by atoms with Crippen LogP contribution in [0.25, 0.3) is 0 Å². The molecule has 4 heterocycles. The van der Waals surface area contributed by atoms with Gasteiger partial charge in [-0.2, -0.15) is 0 Å². The zero-order valence-electron chi connectivity index (χ0n) is 21.3. The summed E-state index contributed by atoms with van der Waals surface area (Å²) in [5.41, 5.74) is 1.19. The number of carbonyl (C=O) groups excluding carboxylic acids is 3. The van der Waals surface area contributed by atoms with Gasteiger partial charge >= 0.3 is 5.97 Å². The summed E-state index contributed by atoms with van der Waals surface area (Å²) in [6.07, 6.45) is 5.74. The summed E-state index contributed by atoms with van der Waals surface area (Å²) in [6, 6.07) is 5.38. The number of carbonyl (C=O) groups is 4. The number of aromatic carboxylic acids is 1. The lowest BCUT2D eigenvalue weighted by Gasteiger charge is -2.03. The van der Waals surface area contributed by atoms with E-state index >= 15 is 0 Å². The van der Waals surface area contributed by atoms with Gasteiger partial charge in [0.25, 0.3) is 23.4 Å². The minimum absolute atomic E-state index is 0.00762. The van der Waals surface area contributed by atoms with Gasteiger partial charge in [0.05, 0.1) is 28.2 Å². The summed E-state index contributed by atoms with van der Waals surface area (Å²) in [5.74, 6) is -2.74. The van der Waals surface area contributed by atoms with Crippen LogP contribution in [0.15, 0.2) is 49.1 Å². The van der Waals surface area contributed by atoms with Crippen LogP contribution in [0.1, 0.15) is 42.0 Å². The molecule has 15 nitrogen and oxygen atoms in total. The number of aromatic nitrogens is 4. The maximum absolute atomic E-state index is 12.9. The lowest BCUT2D eigenvalue weighted by Crippen LogP contribution is -2.15. The van der Waals surface area contributed by atoms with Crippen molar-refractivity contribution >= 4 is 46.4 Å². The Labute approximate surface area is 220 Å². The van der Waals surface area contributed by atoms with E-state index in [1.54, 1.807) is 21.1 Å². The topological polar surface area (TPSA) is 187 Å². The van der Waals surface area contributed by atoms with E-state index in [1.807, 2.05) is 0 Å². The number of nitrogens with zero attached hydrogens (tertiary/aromatic N) is 5. The molecule has 0 aliphatic rings. The van der Waals surface area contributed by atoms with E-state index < -0.39 is 28.6 Å². The molecule has 0 radical (unpaired) electrons. The smallest absolute Gasteiger partial charge is 0.352 e. The number of rotatable bonds is 8. The number of carboxylic acid groups (broad SMARTS) is 1. The Morgan fingerprint density at radius 2 is 0.974 bits per heavy atom. The van der Waals surface area contributed by atoms with Gasteiger partial charge in [0.2, 0.25) is 0 Å². The van der Waals surface area contributed by atoms with E-state index in [9.17, 15) is 34.4 Å². The molecule has 0 fully saturated rings. The summed E-state index contributed by atoms with van der Waals surface area (Å²) in [6.45, 7) is 0. The van der Waals surface area contributed by atoms with Gasteiger partial charge in [0.15, 0.2) is 0 Å². The largest absolute Gasteiger partial charge is 0.477 e. The molecule has 4 N–H and O–H groups in total. The molecule has 15 heteroatoms. The maximum Gasteiger partial charge on any atom is 0.352 e. The molecule has 0 aliphatic carbocycles. The highest BCUT2D eigenvalue weighted by molar-refractivity contribution is 6.08. The Balaban J connectivity index is 1.44. The lowest BCUT2D eigenvalue weighted by atomic mass is 10.3. The van der Waals surface area contributed by atoms with Crippen LogP contribution in [0.2, 0.25) is 0 Å². The number of carboxylic acids is 1. The highest BCUT2D eigenvalue weighted by Gasteiger charge is 2.21. The number of anilines is 3. The molecule has 0 spiro atoms. The second-order valence-electron chi connectivity index (χ2n) is 8.79. The number of hydrogen-bond donors (Lipinski definition) is 4. The molecule has 4 aromatic heterocycles. The second-order valence-corrected chi connectivity index (χ2v) is 8.79. The van der Waals surface area contributed by atoms with Crippen molar-refractivity contribution in [1.82, 2.24) is 18.3 Å².